The van der Waals surface area contributed by atoms with Crippen LogP contribution in [-0.4, -0.2) is 29.9 Å². The molecule has 0 aliphatic heterocycles. The van der Waals surface area contributed by atoms with E-state index in [0.717, 1.165) is 11.3 Å². The molecule has 7 nitrogen and oxygen atoms in total. The molecule has 7 heteroatoms. The fraction of sp³-hybridized carbons (Fsp3) is 0.278. The number of hydrogen-bond acceptors (Lipinski definition) is 4. The highest BCUT2D eigenvalue weighted by molar-refractivity contribution is 5.85. The maximum atomic E-state index is 11.9. The van der Waals surface area contributed by atoms with Crippen LogP contribution in [0.2, 0.25) is 0 Å². The van der Waals surface area contributed by atoms with Crippen molar-refractivity contribution in [3.05, 3.63) is 63.6 Å². The van der Waals surface area contributed by atoms with Crippen molar-refractivity contribution in [2.24, 2.45) is 0 Å². The minimum atomic E-state index is -0.400. The van der Waals surface area contributed by atoms with Crippen LogP contribution in [0.15, 0.2) is 41.2 Å². The van der Waals surface area contributed by atoms with Crippen LogP contribution >= 0.6 is 0 Å². The van der Waals surface area contributed by atoms with Crippen LogP contribution in [0.4, 0.5) is 0 Å². The summed E-state index contributed by atoms with van der Waals surface area (Å²) in [6, 6.07) is 10.8. The average Bonchev–Trinajstić information content (AvgIpc) is 2.58. The molecule has 0 bridgehead atoms. The van der Waals surface area contributed by atoms with Crippen LogP contribution in [0.1, 0.15) is 16.8 Å². The van der Waals surface area contributed by atoms with E-state index in [4.69, 9.17) is 4.74 Å². The van der Waals surface area contributed by atoms with Crippen LogP contribution in [0.25, 0.3) is 0 Å². The van der Waals surface area contributed by atoms with Gasteiger partial charge in [0.25, 0.3) is 11.5 Å². The topological polar surface area (TPSA) is 100 Å². The summed E-state index contributed by atoms with van der Waals surface area (Å²) in [6.45, 7) is 3.36. The normalized spacial score (nSPS) is 10.2. The number of carbonyl (C=O) groups excluding carboxylic acids is 2. The van der Waals surface area contributed by atoms with Gasteiger partial charge in [-0.2, -0.15) is 0 Å². The number of H-pyrrole nitrogens is 1. The molecule has 0 unspecified atom stereocenters. The maximum absolute atomic E-state index is 11.9. The summed E-state index contributed by atoms with van der Waals surface area (Å²) in [5.74, 6) is -0.202. The number of nitrogens with one attached hydrogen (secondary N) is 3. The Kier molecular flexibility index (Phi) is 6.33. The van der Waals surface area contributed by atoms with E-state index in [1.165, 1.54) is 0 Å². The first-order valence-corrected chi connectivity index (χ1v) is 7.86. The van der Waals surface area contributed by atoms with Crippen molar-refractivity contribution in [2.75, 3.05) is 13.2 Å². The number of aromatic nitrogens is 1. The molecule has 0 spiro atoms. The highest BCUT2D eigenvalue weighted by atomic mass is 16.5. The zero-order valence-corrected chi connectivity index (χ0v) is 14.2. The Morgan fingerprint density at radius 1 is 1.08 bits per heavy atom. The number of ether oxygens (including phenoxy) is 1. The molecule has 3 N–H and O–H groups in total. The van der Waals surface area contributed by atoms with Gasteiger partial charge >= 0.3 is 0 Å². The van der Waals surface area contributed by atoms with E-state index < -0.39 is 5.91 Å². The van der Waals surface area contributed by atoms with Crippen molar-refractivity contribution in [2.45, 2.75) is 20.4 Å². The number of amides is 2. The average molecular weight is 343 g/mol. The third-order valence-electron chi connectivity index (χ3n) is 3.52. The Morgan fingerprint density at radius 2 is 1.80 bits per heavy atom. The molecule has 1 heterocycles. The lowest BCUT2D eigenvalue weighted by atomic mass is 10.1. The highest BCUT2D eigenvalue weighted by Crippen LogP contribution is 2.07. The molecule has 0 saturated carbocycles. The van der Waals surface area contributed by atoms with Crippen molar-refractivity contribution in [1.82, 2.24) is 15.6 Å². The predicted molar refractivity (Wildman–Crippen MR) is 93.3 cm³/mol. The molecule has 2 amide bonds. The first-order chi connectivity index (χ1) is 12.0. The Balaban J connectivity index is 1.74. The molecule has 2 aromatic rings. The van der Waals surface area contributed by atoms with Crippen molar-refractivity contribution in [3.8, 4) is 5.75 Å². The SMILES string of the molecule is Cc1cc(C)c(CNC(=O)CNC(=O)COc2ccccc2)c(=O)[nH]1. The van der Waals surface area contributed by atoms with Gasteiger partial charge in [-0.3, -0.25) is 14.4 Å². The first kappa shape index (κ1) is 18.3. The Labute approximate surface area is 145 Å². The van der Waals surface area contributed by atoms with Gasteiger partial charge in [0, 0.05) is 17.8 Å². The molecule has 25 heavy (non-hydrogen) atoms. The van der Waals surface area contributed by atoms with Gasteiger partial charge in [0.1, 0.15) is 5.75 Å². The Bertz CT molecular complexity index is 800. The monoisotopic (exact) mass is 343 g/mol. The third kappa shape index (κ3) is 5.80. The van der Waals surface area contributed by atoms with Crippen molar-refractivity contribution >= 4 is 11.8 Å². The van der Waals surface area contributed by atoms with Gasteiger partial charge in [-0.1, -0.05) is 18.2 Å². The third-order valence-corrected chi connectivity index (χ3v) is 3.52. The summed E-state index contributed by atoms with van der Waals surface area (Å²) >= 11 is 0. The predicted octanol–water partition coefficient (Wildman–Crippen LogP) is 0.803. The van der Waals surface area contributed by atoms with E-state index >= 15 is 0 Å². The standard InChI is InChI=1S/C18H21N3O4/c1-12-8-13(2)21-18(24)15(12)9-19-16(22)10-20-17(23)11-25-14-6-4-3-5-7-14/h3-8H,9-11H2,1-2H3,(H,19,22)(H,20,23)(H,21,24). The van der Waals surface area contributed by atoms with Gasteiger partial charge in [0.05, 0.1) is 6.54 Å². The van der Waals surface area contributed by atoms with E-state index in [2.05, 4.69) is 15.6 Å². The highest BCUT2D eigenvalue weighted by Gasteiger charge is 2.09. The van der Waals surface area contributed by atoms with Gasteiger partial charge in [-0.25, -0.2) is 0 Å². The summed E-state index contributed by atoms with van der Waals surface area (Å²) in [5, 5.41) is 5.08. The lowest BCUT2D eigenvalue weighted by Crippen LogP contribution is -2.39. The van der Waals surface area contributed by atoms with Gasteiger partial charge < -0.3 is 20.4 Å². The minimum absolute atomic E-state index is 0.108. The van der Waals surface area contributed by atoms with Gasteiger partial charge in [-0.15, -0.1) is 0 Å². The van der Waals surface area contributed by atoms with Crippen LogP contribution in [0.3, 0.4) is 0 Å². The summed E-state index contributed by atoms with van der Waals surface area (Å²) in [5.41, 5.74) is 1.85. The lowest BCUT2D eigenvalue weighted by molar-refractivity contribution is -0.127. The molecule has 0 saturated heterocycles. The second-order valence-corrected chi connectivity index (χ2v) is 5.60. The number of carbonyl (C=O) groups is 2. The smallest absolute Gasteiger partial charge is 0.258 e. The molecule has 1 aromatic heterocycles. The largest absolute Gasteiger partial charge is 0.484 e. The van der Waals surface area contributed by atoms with Crippen molar-refractivity contribution in [1.29, 1.82) is 0 Å². The zero-order valence-electron chi connectivity index (χ0n) is 14.2. The number of aryl methyl sites for hydroxylation is 2. The number of benzene rings is 1. The molecule has 1 aromatic carbocycles. The number of rotatable bonds is 7. The van der Waals surface area contributed by atoms with E-state index in [1.54, 1.807) is 31.2 Å². The van der Waals surface area contributed by atoms with E-state index in [0.29, 0.717) is 11.3 Å². The molecule has 0 fully saturated rings. The zero-order chi connectivity index (χ0) is 18.2. The first-order valence-electron chi connectivity index (χ1n) is 7.86. The Morgan fingerprint density at radius 3 is 2.48 bits per heavy atom. The molecule has 132 valence electrons. The summed E-state index contributed by atoms with van der Waals surface area (Å²) in [7, 11) is 0. The molecular formula is C18H21N3O4. The summed E-state index contributed by atoms with van der Waals surface area (Å²) in [4.78, 5) is 38.0. The van der Waals surface area contributed by atoms with Crippen LogP contribution in [0.5, 0.6) is 5.75 Å². The molecule has 0 aliphatic rings. The van der Waals surface area contributed by atoms with Gasteiger partial charge in [0.2, 0.25) is 5.91 Å². The van der Waals surface area contributed by atoms with Gasteiger partial charge in [-0.05, 0) is 37.6 Å². The van der Waals surface area contributed by atoms with Gasteiger partial charge in [0.15, 0.2) is 6.61 Å². The quantitative estimate of drug-likeness (QED) is 0.692. The van der Waals surface area contributed by atoms with E-state index in [-0.39, 0.29) is 31.2 Å². The lowest BCUT2D eigenvalue weighted by Gasteiger charge is -2.09. The fourth-order valence-corrected chi connectivity index (χ4v) is 2.25. The Hall–Kier alpha value is -3.09. The van der Waals surface area contributed by atoms with Crippen molar-refractivity contribution in [3.63, 3.8) is 0 Å². The van der Waals surface area contributed by atoms with Crippen LogP contribution < -0.4 is 20.9 Å². The molecule has 0 atom stereocenters. The van der Waals surface area contributed by atoms with Crippen LogP contribution in [0, 0.1) is 13.8 Å². The van der Waals surface area contributed by atoms with E-state index in [1.807, 2.05) is 19.1 Å². The molecule has 0 aliphatic carbocycles. The fourth-order valence-electron chi connectivity index (χ4n) is 2.25. The number of aromatic amines is 1. The van der Waals surface area contributed by atoms with Crippen molar-refractivity contribution < 1.29 is 14.3 Å². The molecule has 2 rings (SSSR count). The number of hydrogen-bond donors (Lipinski definition) is 3. The minimum Gasteiger partial charge on any atom is -0.484 e. The number of para-hydroxylation sites is 1. The summed E-state index contributed by atoms with van der Waals surface area (Å²) in [6.07, 6.45) is 0. The molecular weight excluding hydrogens is 322 g/mol. The van der Waals surface area contributed by atoms with E-state index in [9.17, 15) is 14.4 Å². The van der Waals surface area contributed by atoms with Crippen LogP contribution in [-0.2, 0) is 16.1 Å². The summed E-state index contributed by atoms with van der Waals surface area (Å²) < 4.78 is 5.28. The second-order valence-electron chi connectivity index (χ2n) is 5.60. The second kappa shape index (κ2) is 8.68. The number of pyridine rings is 1. The maximum Gasteiger partial charge on any atom is 0.258 e. The molecule has 0 radical (unpaired) electrons.